The van der Waals surface area contributed by atoms with Crippen LogP contribution in [0.3, 0.4) is 0 Å². The normalized spacial score (nSPS) is 19.1. The third kappa shape index (κ3) is 2.36. The molecule has 1 atom stereocenters. The Morgan fingerprint density at radius 3 is 3.11 bits per heavy atom. The van der Waals surface area contributed by atoms with Crippen LogP contribution < -0.4 is 10.1 Å². The van der Waals surface area contributed by atoms with Gasteiger partial charge in [-0.2, -0.15) is 5.10 Å². The second-order valence-corrected chi connectivity index (χ2v) is 4.33. The summed E-state index contributed by atoms with van der Waals surface area (Å²) in [6.07, 6.45) is 5.94. The molecule has 0 aliphatic carbocycles. The zero-order chi connectivity index (χ0) is 12.4. The Morgan fingerprint density at radius 1 is 1.39 bits per heavy atom. The molecular formula is C13H14FN3O. The number of rotatable bonds is 3. The summed E-state index contributed by atoms with van der Waals surface area (Å²) in [5, 5.41) is 7.60. The Balaban J connectivity index is 1.73. The Labute approximate surface area is 104 Å². The van der Waals surface area contributed by atoms with Crippen molar-refractivity contribution in [2.75, 3.05) is 6.54 Å². The van der Waals surface area contributed by atoms with Crippen LogP contribution in [0, 0.1) is 5.82 Å². The van der Waals surface area contributed by atoms with Crippen molar-refractivity contribution in [3.8, 4) is 11.5 Å². The van der Waals surface area contributed by atoms with Gasteiger partial charge in [0.15, 0.2) is 5.75 Å². The van der Waals surface area contributed by atoms with Crippen LogP contribution in [0.15, 0.2) is 36.7 Å². The highest BCUT2D eigenvalue weighted by atomic mass is 19.1. The molecule has 5 heteroatoms. The lowest BCUT2D eigenvalue weighted by atomic mass is 10.3. The highest BCUT2D eigenvalue weighted by Crippen LogP contribution is 2.23. The predicted molar refractivity (Wildman–Crippen MR) is 65.0 cm³/mol. The van der Waals surface area contributed by atoms with E-state index in [9.17, 15) is 4.39 Å². The van der Waals surface area contributed by atoms with Crippen molar-refractivity contribution in [3.05, 3.63) is 42.5 Å². The number of nitrogens with zero attached hydrogens (tertiary/aromatic N) is 2. The molecular weight excluding hydrogens is 233 g/mol. The molecule has 0 bridgehead atoms. The van der Waals surface area contributed by atoms with Gasteiger partial charge in [0, 0.05) is 6.07 Å². The molecule has 3 rings (SSSR count). The van der Waals surface area contributed by atoms with Crippen molar-refractivity contribution in [2.24, 2.45) is 0 Å². The van der Waals surface area contributed by atoms with E-state index >= 15 is 0 Å². The van der Waals surface area contributed by atoms with Gasteiger partial charge in [0.1, 0.15) is 17.7 Å². The van der Waals surface area contributed by atoms with Gasteiger partial charge in [-0.25, -0.2) is 4.39 Å². The van der Waals surface area contributed by atoms with Crippen LogP contribution in [0.5, 0.6) is 11.5 Å². The topological polar surface area (TPSA) is 39.1 Å². The van der Waals surface area contributed by atoms with Gasteiger partial charge in [0.2, 0.25) is 0 Å². The molecule has 4 nitrogen and oxygen atoms in total. The summed E-state index contributed by atoms with van der Waals surface area (Å²) in [7, 11) is 0. The second-order valence-electron chi connectivity index (χ2n) is 4.33. The summed E-state index contributed by atoms with van der Waals surface area (Å²) in [5.74, 6) is 0.792. The Morgan fingerprint density at radius 2 is 2.33 bits per heavy atom. The molecule has 1 fully saturated rings. The van der Waals surface area contributed by atoms with Gasteiger partial charge in [-0.05, 0) is 31.5 Å². The van der Waals surface area contributed by atoms with Crippen molar-refractivity contribution >= 4 is 0 Å². The minimum atomic E-state index is -0.308. The molecule has 0 saturated carbocycles. The fourth-order valence-corrected chi connectivity index (χ4v) is 2.10. The lowest BCUT2D eigenvalue weighted by molar-refractivity contribution is 0.420. The van der Waals surface area contributed by atoms with Crippen LogP contribution in [-0.2, 0) is 0 Å². The van der Waals surface area contributed by atoms with Crippen molar-refractivity contribution in [2.45, 2.75) is 19.0 Å². The van der Waals surface area contributed by atoms with Crippen molar-refractivity contribution in [1.82, 2.24) is 15.1 Å². The summed E-state index contributed by atoms with van der Waals surface area (Å²) in [6.45, 7) is 1.02. The summed E-state index contributed by atoms with van der Waals surface area (Å²) in [6, 6.07) is 6.08. The third-order valence-electron chi connectivity index (χ3n) is 2.96. The highest BCUT2D eigenvalue weighted by molar-refractivity contribution is 5.28. The maximum atomic E-state index is 13.0. The number of aromatic nitrogens is 2. The fourth-order valence-electron chi connectivity index (χ4n) is 2.10. The summed E-state index contributed by atoms with van der Waals surface area (Å²) in [5.41, 5.74) is 0. The average Bonchev–Trinajstić information content (AvgIpc) is 2.98. The van der Waals surface area contributed by atoms with Crippen molar-refractivity contribution in [3.63, 3.8) is 0 Å². The molecule has 94 valence electrons. The van der Waals surface area contributed by atoms with E-state index in [0.29, 0.717) is 11.5 Å². The molecule has 1 unspecified atom stereocenters. The largest absolute Gasteiger partial charge is 0.454 e. The molecule has 18 heavy (non-hydrogen) atoms. The number of hydrogen-bond donors (Lipinski definition) is 1. The SMILES string of the molecule is Fc1cccc(Oc2cnn(C3CCCN3)c2)c1. The predicted octanol–water partition coefficient (Wildman–Crippen LogP) is 2.70. The Kier molecular flexibility index (Phi) is 2.98. The van der Waals surface area contributed by atoms with Gasteiger partial charge < -0.3 is 4.74 Å². The zero-order valence-electron chi connectivity index (χ0n) is 9.84. The van der Waals surface area contributed by atoms with Gasteiger partial charge in [-0.3, -0.25) is 10.00 Å². The van der Waals surface area contributed by atoms with Gasteiger partial charge in [0.05, 0.1) is 12.4 Å². The molecule has 2 aromatic rings. The molecule has 1 aromatic heterocycles. The molecule has 1 saturated heterocycles. The van der Waals surface area contributed by atoms with Crippen LogP contribution in [0.4, 0.5) is 4.39 Å². The first kappa shape index (κ1) is 11.2. The zero-order valence-corrected chi connectivity index (χ0v) is 9.84. The Bertz CT molecular complexity index is 535. The molecule has 1 N–H and O–H groups in total. The molecule has 1 aliphatic rings. The number of benzene rings is 1. The van der Waals surface area contributed by atoms with E-state index in [2.05, 4.69) is 10.4 Å². The van der Waals surface area contributed by atoms with Gasteiger partial charge in [-0.1, -0.05) is 6.07 Å². The van der Waals surface area contributed by atoms with E-state index in [-0.39, 0.29) is 12.0 Å². The lowest BCUT2D eigenvalue weighted by Crippen LogP contribution is -2.19. The van der Waals surface area contributed by atoms with Gasteiger partial charge in [0.25, 0.3) is 0 Å². The number of ether oxygens (including phenoxy) is 1. The summed E-state index contributed by atoms with van der Waals surface area (Å²) < 4.78 is 20.4. The van der Waals surface area contributed by atoms with E-state index in [4.69, 9.17) is 4.74 Å². The van der Waals surface area contributed by atoms with Crippen molar-refractivity contribution in [1.29, 1.82) is 0 Å². The molecule has 1 aromatic carbocycles. The van der Waals surface area contributed by atoms with Gasteiger partial charge >= 0.3 is 0 Å². The minimum absolute atomic E-state index is 0.245. The molecule has 0 amide bonds. The second kappa shape index (κ2) is 4.78. The van der Waals surface area contributed by atoms with Gasteiger partial charge in [-0.15, -0.1) is 0 Å². The van der Waals surface area contributed by atoms with Crippen LogP contribution in [0.25, 0.3) is 0 Å². The third-order valence-corrected chi connectivity index (χ3v) is 2.96. The van der Waals surface area contributed by atoms with E-state index in [1.807, 2.05) is 10.9 Å². The first-order valence-electron chi connectivity index (χ1n) is 6.02. The van der Waals surface area contributed by atoms with E-state index in [1.54, 1.807) is 18.3 Å². The van der Waals surface area contributed by atoms with Crippen molar-refractivity contribution < 1.29 is 9.13 Å². The molecule has 0 radical (unpaired) electrons. The summed E-state index contributed by atoms with van der Waals surface area (Å²) in [4.78, 5) is 0. The minimum Gasteiger partial charge on any atom is -0.454 e. The standard InChI is InChI=1S/C13H14FN3O/c14-10-3-1-4-11(7-10)18-12-8-16-17(9-12)13-5-2-6-15-13/h1,3-4,7-9,13,15H,2,5-6H2. The first-order valence-corrected chi connectivity index (χ1v) is 6.02. The molecule has 1 aliphatic heterocycles. The van der Waals surface area contributed by atoms with Crippen LogP contribution in [0.2, 0.25) is 0 Å². The number of hydrogen-bond acceptors (Lipinski definition) is 3. The molecule has 0 spiro atoms. The first-order chi connectivity index (χ1) is 8.81. The van der Waals surface area contributed by atoms with E-state index < -0.39 is 0 Å². The average molecular weight is 247 g/mol. The van der Waals surface area contributed by atoms with E-state index in [0.717, 1.165) is 19.4 Å². The molecule has 2 heterocycles. The van der Waals surface area contributed by atoms with Crippen LogP contribution in [0.1, 0.15) is 19.0 Å². The van der Waals surface area contributed by atoms with Crippen LogP contribution >= 0.6 is 0 Å². The monoisotopic (exact) mass is 247 g/mol. The lowest BCUT2D eigenvalue weighted by Gasteiger charge is -2.09. The number of halogens is 1. The fraction of sp³-hybridized carbons (Fsp3) is 0.308. The maximum absolute atomic E-state index is 13.0. The van der Waals surface area contributed by atoms with Crippen LogP contribution in [-0.4, -0.2) is 16.3 Å². The van der Waals surface area contributed by atoms with E-state index in [1.165, 1.54) is 12.1 Å². The summed E-state index contributed by atoms with van der Waals surface area (Å²) >= 11 is 0. The smallest absolute Gasteiger partial charge is 0.165 e. The highest BCUT2D eigenvalue weighted by Gasteiger charge is 2.16. The number of nitrogens with one attached hydrogen (secondary N) is 1. The maximum Gasteiger partial charge on any atom is 0.165 e. The quantitative estimate of drug-likeness (QED) is 0.906. The Hall–Kier alpha value is -1.88.